The smallest absolute Gasteiger partial charge is 0.143 e. The molecule has 0 saturated carbocycles. The molecule has 0 aliphatic carbocycles. The molecule has 1 heterocycles. The first kappa shape index (κ1) is 35.0. The Morgan fingerprint density at radius 1 is 0.215 bits per heavy atom. The first-order valence-electron chi connectivity index (χ1n) is 22.6. The molecule has 1 aromatic heterocycles. The van der Waals surface area contributed by atoms with Crippen molar-refractivity contribution < 1.29 is 4.42 Å². The van der Waals surface area contributed by atoms with E-state index in [1.54, 1.807) is 0 Å². The molecule has 1 heteroatoms. The summed E-state index contributed by atoms with van der Waals surface area (Å²) in [5.41, 5.74) is 11.3. The molecule has 65 heavy (non-hydrogen) atoms. The Morgan fingerprint density at radius 3 is 1.43 bits per heavy atom. The minimum absolute atomic E-state index is 0.894. The summed E-state index contributed by atoms with van der Waals surface area (Å²) in [6, 6.07) is 81.1. The number of furan rings is 1. The summed E-state index contributed by atoms with van der Waals surface area (Å²) < 4.78 is 7.16. The second kappa shape index (κ2) is 13.0. The van der Waals surface area contributed by atoms with Gasteiger partial charge in [-0.1, -0.05) is 194 Å². The first-order chi connectivity index (χ1) is 32.2. The van der Waals surface area contributed by atoms with Gasteiger partial charge in [0.25, 0.3) is 0 Å². The third-order valence-electron chi connectivity index (χ3n) is 14.5. The van der Waals surface area contributed by atoms with E-state index >= 15 is 0 Å². The molecule has 15 rings (SSSR count). The van der Waals surface area contributed by atoms with Crippen molar-refractivity contribution in [1.29, 1.82) is 0 Å². The lowest BCUT2D eigenvalue weighted by molar-refractivity contribution is 0.670. The molecule has 0 unspecified atom stereocenters. The average Bonchev–Trinajstić information content (AvgIpc) is 3.73. The fraction of sp³-hybridized carbons (Fsp3) is 0. The van der Waals surface area contributed by atoms with E-state index < -0.39 is 0 Å². The van der Waals surface area contributed by atoms with Gasteiger partial charge in [-0.25, -0.2) is 0 Å². The fourth-order valence-corrected chi connectivity index (χ4v) is 11.5. The molecule has 298 valence electrons. The Hall–Kier alpha value is -8.52. The van der Waals surface area contributed by atoms with Crippen LogP contribution in [0.15, 0.2) is 223 Å². The highest BCUT2D eigenvalue weighted by Gasteiger charge is 2.21. The van der Waals surface area contributed by atoms with Gasteiger partial charge in [0.2, 0.25) is 0 Å². The van der Waals surface area contributed by atoms with Crippen LogP contribution in [0.25, 0.3) is 153 Å². The minimum atomic E-state index is 0.894. The second-order valence-electron chi connectivity index (χ2n) is 17.9. The van der Waals surface area contributed by atoms with E-state index in [9.17, 15) is 0 Å². The predicted molar refractivity (Wildman–Crippen MR) is 278 cm³/mol. The molecule has 0 N–H and O–H groups in total. The van der Waals surface area contributed by atoms with Gasteiger partial charge in [0, 0.05) is 16.3 Å². The van der Waals surface area contributed by atoms with E-state index in [-0.39, 0.29) is 0 Å². The van der Waals surface area contributed by atoms with Crippen molar-refractivity contribution in [3.8, 4) is 44.5 Å². The number of hydrogen-bond acceptors (Lipinski definition) is 1. The molecular weight excluding hydrogens is 785 g/mol. The van der Waals surface area contributed by atoms with Crippen LogP contribution in [0.3, 0.4) is 0 Å². The molecule has 0 aliphatic rings. The summed E-state index contributed by atoms with van der Waals surface area (Å²) in [4.78, 5) is 0. The van der Waals surface area contributed by atoms with Gasteiger partial charge in [0.15, 0.2) is 0 Å². The molecule has 0 aliphatic heterocycles. The molecule has 15 aromatic rings. The van der Waals surface area contributed by atoms with Gasteiger partial charge < -0.3 is 4.42 Å². The van der Waals surface area contributed by atoms with Crippen molar-refractivity contribution in [3.05, 3.63) is 218 Å². The standard InChI is InChI=1S/C64H36O/c1-2-7-38(8-3-1)48-13-6-14-50-51(48)30-27-46-33-56-58-35-47(37-15-17-39(18-16-37)49-28-23-44-21-19-40-9-4-11-42-25-31-53(49)62(44)60(40)42)34-57(64(58)65-59(56)36-55(46)50)52-29-24-45-22-20-41-10-5-12-43-26-32-54(52)63(45)61(41)43/h1-36H. The lowest BCUT2D eigenvalue weighted by Gasteiger charge is -2.16. The van der Waals surface area contributed by atoms with Crippen LogP contribution in [-0.4, -0.2) is 0 Å². The molecule has 0 fully saturated rings. The van der Waals surface area contributed by atoms with Crippen LogP contribution >= 0.6 is 0 Å². The minimum Gasteiger partial charge on any atom is -0.455 e. The lowest BCUT2D eigenvalue weighted by Crippen LogP contribution is -1.89. The van der Waals surface area contributed by atoms with Crippen molar-refractivity contribution in [2.24, 2.45) is 0 Å². The van der Waals surface area contributed by atoms with Crippen molar-refractivity contribution in [3.63, 3.8) is 0 Å². The van der Waals surface area contributed by atoms with Gasteiger partial charge in [0.05, 0.1) is 0 Å². The van der Waals surface area contributed by atoms with Gasteiger partial charge in [-0.05, 0) is 149 Å². The molecule has 0 atom stereocenters. The molecule has 0 radical (unpaired) electrons. The average molecular weight is 821 g/mol. The number of hydrogen-bond donors (Lipinski definition) is 0. The number of rotatable bonds is 4. The van der Waals surface area contributed by atoms with Crippen LogP contribution in [0.4, 0.5) is 0 Å². The summed E-state index contributed by atoms with van der Waals surface area (Å²) in [7, 11) is 0. The summed E-state index contributed by atoms with van der Waals surface area (Å²) in [6.45, 7) is 0. The van der Waals surface area contributed by atoms with E-state index in [2.05, 4.69) is 218 Å². The molecule has 0 amide bonds. The summed E-state index contributed by atoms with van der Waals surface area (Å²) in [6.07, 6.45) is 0. The van der Waals surface area contributed by atoms with Crippen LogP contribution in [0, 0.1) is 0 Å². The van der Waals surface area contributed by atoms with Gasteiger partial charge in [-0.15, -0.1) is 0 Å². The zero-order chi connectivity index (χ0) is 42.3. The van der Waals surface area contributed by atoms with E-state index in [1.165, 1.54) is 120 Å². The normalized spacial score (nSPS) is 12.3. The Balaban J connectivity index is 0.958. The molecule has 0 bridgehead atoms. The SMILES string of the molecule is c1ccc(-c2cccc3c2ccc2cc4c(cc23)oc2c(-c3ccc5ccc6cccc7ccc3c5c67)cc(-c3ccc(-c5ccc6ccc7cccc8ccc5c6c78)cc3)cc24)cc1. The van der Waals surface area contributed by atoms with Crippen LogP contribution < -0.4 is 0 Å². The van der Waals surface area contributed by atoms with Crippen LogP contribution in [0.2, 0.25) is 0 Å². The summed E-state index contributed by atoms with van der Waals surface area (Å²) >= 11 is 0. The Morgan fingerprint density at radius 2 is 0.738 bits per heavy atom. The van der Waals surface area contributed by atoms with E-state index in [0.717, 1.165) is 33.1 Å². The third-order valence-corrected chi connectivity index (χ3v) is 14.5. The topological polar surface area (TPSA) is 13.1 Å². The van der Waals surface area contributed by atoms with E-state index in [0.29, 0.717) is 0 Å². The van der Waals surface area contributed by atoms with Gasteiger partial charge in [-0.2, -0.15) is 0 Å². The van der Waals surface area contributed by atoms with Crippen molar-refractivity contribution in [2.75, 3.05) is 0 Å². The van der Waals surface area contributed by atoms with Crippen molar-refractivity contribution in [2.45, 2.75) is 0 Å². The second-order valence-corrected chi connectivity index (χ2v) is 17.9. The Labute approximate surface area is 373 Å². The molecular formula is C64H36O. The molecule has 14 aromatic carbocycles. The van der Waals surface area contributed by atoms with Crippen LogP contribution in [0.1, 0.15) is 0 Å². The summed E-state index contributed by atoms with van der Waals surface area (Å²) in [5, 5.41) is 22.6. The van der Waals surface area contributed by atoms with Gasteiger partial charge in [0.1, 0.15) is 11.2 Å². The van der Waals surface area contributed by atoms with Crippen molar-refractivity contribution in [1.82, 2.24) is 0 Å². The van der Waals surface area contributed by atoms with E-state index in [4.69, 9.17) is 4.42 Å². The quantitative estimate of drug-likeness (QED) is 0.161. The van der Waals surface area contributed by atoms with Crippen LogP contribution in [0.5, 0.6) is 0 Å². The van der Waals surface area contributed by atoms with Gasteiger partial charge in [-0.3, -0.25) is 0 Å². The van der Waals surface area contributed by atoms with E-state index in [1.807, 2.05) is 0 Å². The maximum atomic E-state index is 7.16. The predicted octanol–water partition coefficient (Wildman–Crippen LogP) is 18.4. The first-order valence-corrected chi connectivity index (χ1v) is 22.6. The van der Waals surface area contributed by atoms with Crippen LogP contribution in [-0.2, 0) is 0 Å². The highest BCUT2D eigenvalue weighted by Crippen LogP contribution is 2.47. The fourth-order valence-electron chi connectivity index (χ4n) is 11.5. The largest absolute Gasteiger partial charge is 0.455 e. The maximum absolute atomic E-state index is 7.16. The highest BCUT2D eigenvalue weighted by atomic mass is 16.3. The Kier molecular flexibility index (Phi) is 7.01. The number of fused-ring (bicyclic) bond motifs is 6. The van der Waals surface area contributed by atoms with Crippen molar-refractivity contribution >= 4 is 108 Å². The molecule has 1 nitrogen and oxygen atoms in total. The zero-order valence-electron chi connectivity index (χ0n) is 35.2. The lowest BCUT2D eigenvalue weighted by atomic mass is 9.88. The Bertz CT molecular complexity index is 4410. The monoisotopic (exact) mass is 820 g/mol. The molecule has 0 spiro atoms. The van der Waals surface area contributed by atoms with Gasteiger partial charge >= 0.3 is 0 Å². The highest BCUT2D eigenvalue weighted by molar-refractivity contribution is 6.28. The summed E-state index contributed by atoms with van der Waals surface area (Å²) in [5.74, 6) is 0. The third kappa shape index (κ3) is 4.98. The molecule has 0 saturated heterocycles. The zero-order valence-corrected chi connectivity index (χ0v) is 35.2. The maximum Gasteiger partial charge on any atom is 0.143 e. The number of benzene rings is 14.